The molecular weight excluding hydrogens is 306 g/mol. The molecule has 0 bridgehead atoms. The van der Waals surface area contributed by atoms with Crippen molar-refractivity contribution in [2.75, 3.05) is 20.3 Å². The Bertz CT molecular complexity index is 481. The summed E-state index contributed by atoms with van der Waals surface area (Å²) in [6.45, 7) is 1.49. The lowest BCUT2D eigenvalue weighted by molar-refractivity contribution is 0.278. The molecule has 0 unspecified atom stereocenters. The molecule has 3 nitrogen and oxygen atoms in total. The second-order valence-corrected chi connectivity index (χ2v) is 6.58. The van der Waals surface area contributed by atoms with Gasteiger partial charge in [0.2, 0.25) is 0 Å². The maximum absolute atomic E-state index is 5.90. The molecule has 4 heteroatoms. The summed E-state index contributed by atoms with van der Waals surface area (Å²) in [5, 5.41) is 0. The van der Waals surface area contributed by atoms with Crippen LogP contribution in [-0.4, -0.2) is 20.3 Å². The van der Waals surface area contributed by atoms with E-state index in [4.69, 9.17) is 15.2 Å². The lowest BCUT2D eigenvalue weighted by Crippen LogP contribution is -2.19. The maximum Gasteiger partial charge on any atom is 0.175 e. The van der Waals surface area contributed by atoms with Crippen molar-refractivity contribution in [1.29, 1.82) is 0 Å². The van der Waals surface area contributed by atoms with Gasteiger partial charge >= 0.3 is 0 Å². The highest BCUT2D eigenvalue weighted by atomic mass is 79.9. The van der Waals surface area contributed by atoms with E-state index >= 15 is 0 Å². The Balaban J connectivity index is 1.87. The van der Waals surface area contributed by atoms with E-state index in [2.05, 4.69) is 28.1 Å². The molecule has 0 aromatic heterocycles. The molecule has 0 radical (unpaired) electrons. The third-order valence-electron chi connectivity index (χ3n) is 4.25. The van der Waals surface area contributed by atoms with Gasteiger partial charge in [-0.3, -0.25) is 0 Å². The molecular formula is C15H20BrNO2. The van der Waals surface area contributed by atoms with Crippen LogP contribution in [0.25, 0.3) is 0 Å². The number of ether oxygens (including phenoxy) is 2. The van der Waals surface area contributed by atoms with Crippen molar-refractivity contribution in [2.45, 2.75) is 31.1 Å². The van der Waals surface area contributed by atoms with Gasteiger partial charge < -0.3 is 15.2 Å². The van der Waals surface area contributed by atoms with Crippen LogP contribution < -0.4 is 15.2 Å². The molecule has 3 rings (SSSR count). The van der Waals surface area contributed by atoms with E-state index in [1.807, 2.05) is 0 Å². The minimum Gasteiger partial charge on any atom is -0.493 e. The van der Waals surface area contributed by atoms with Gasteiger partial charge in [-0.2, -0.15) is 0 Å². The lowest BCUT2D eigenvalue weighted by Gasteiger charge is -2.18. The molecule has 1 aromatic rings. The van der Waals surface area contributed by atoms with Gasteiger partial charge in [-0.1, -0.05) is 0 Å². The van der Waals surface area contributed by atoms with Crippen molar-refractivity contribution >= 4 is 15.9 Å². The van der Waals surface area contributed by atoms with Gasteiger partial charge in [0.1, 0.15) is 0 Å². The maximum atomic E-state index is 5.90. The Morgan fingerprint density at radius 2 is 2.11 bits per heavy atom. The summed E-state index contributed by atoms with van der Waals surface area (Å²) >= 11 is 3.61. The van der Waals surface area contributed by atoms with Crippen LogP contribution in [0.5, 0.6) is 11.5 Å². The topological polar surface area (TPSA) is 44.5 Å². The number of benzene rings is 1. The Kier molecular flexibility index (Phi) is 3.48. The molecule has 0 heterocycles. The van der Waals surface area contributed by atoms with Crippen molar-refractivity contribution < 1.29 is 9.47 Å². The summed E-state index contributed by atoms with van der Waals surface area (Å²) < 4.78 is 12.4. The van der Waals surface area contributed by atoms with Gasteiger partial charge in [-0.15, -0.1) is 0 Å². The highest BCUT2D eigenvalue weighted by Crippen LogP contribution is 2.50. The van der Waals surface area contributed by atoms with Gasteiger partial charge in [0.15, 0.2) is 11.5 Å². The van der Waals surface area contributed by atoms with Crippen LogP contribution in [0.4, 0.5) is 0 Å². The lowest BCUT2D eigenvalue weighted by atomic mass is 9.96. The first kappa shape index (κ1) is 13.3. The summed E-state index contributed by atoms with van der Waals surface area (Å²) in [6, 6.07) is 4.23. The zero-order valence-corrected chi connectivity index (χ0v) is 12.8. The van der Waals surface area contributed by atoms with Crippen molar-refractivity contribution in [3.63, 3.8) is 0 Å². The Labute approximate surface area is 122 Å². The number of hydrogen-bond acceptors (Lipinski definition) is 3. The van der Waals surface area contributed by atoms with E-state index in [-0.39, 0.29) is 5.41 Å². The van der Waals surface area contributed by atoms with Crippen LogP contribution >= 0.6 is 15.9 Å². The monoisotopic (exact) mass is 325 g/mol. The predicted octanol–water partition coefficient (Wildman–Crippen LogP) is 3.24. The molecule has 2 aliphatic carbocycles. The van der Waals surface area contributed by atoms with Crippen LogP contribution in [0.1, 0.15) is 31.2 Å². The molecule has 104 valence electrons. The number of nitrogens with two attached hydrogens (primary N) is 1. The summed E-state index contributed by atoms with van der Waals surface area (Å²) in [6.07, 6.45) is 4.91. The zero-order valence-electron chi connectivity index (χ0n) is 11.2. The third kappa shape index (κ3) is 2.61. The molecule has 2 fully saturated rings. The molecule has 2 aliphatic rings. The van der Waals surface area contributed by atoms with Crippen LogP contribution in [0.2, 0.25) is 0 Å². The fourth-order valence-electron chi connectivity index (χ4n) is 2.41. The van der Waals surface area contributed by atoms with Crippen molar-refractivity contribution in [1.82, 2.24) is 0 Å². The Morgan fingerprint density at radius 1 is 1.37 bits per heavy atom. The molecule has 0 atom stereocenters. The normalized spacial score (nSPS) is 20.2. The number of methoxy groups -OCH3 is 1. The number of halogens is 1. The van der Waals surface area contributed by atoms with E-state index < -0.39 is 0 Å². The number of hydrogen-bond donors (Lipinski definition) is 1. The Hall–Kier alpha value is -0.740. The van der Waals surface area contributed by atoms with E-state index in [0.717, 1.165) is 28.5 Å². The van der Waals surface area contributed by atoms with Crippen LogP contribution in [0, 0.1) is 5.92 Å². The van der Waals surface area contributed by atoms with Crippen molar-refractivity contribution in [2.24, 2.45) is 11.7 Å². The zero-order chi connectivity index (χ0) is 13.5. The van der Waals surface area contributed by atoms with Crippen LogP contribution in [0.15, 0.2) is 16.6 Å². The van der Waals surface area contributed by atoms with E-state index in [0.29, 0.717) is 6.54 Å². The fraction of sp³-hybridized carbons (Fsp3) is 0.600. The SMILES string of the molecule is COc1cc(C2(CN)CC2)cc(Br)c1OCC1CC1. The molecule has 1 aromatic carbocycles. The van der Waals surface area contributed by atoms with Gasteiger partial charge in [0, 0.05) is 12.0 Å². The van der Waals surface area contributed by atoms with Gasteiger partial charge in [-0.25, -0.2) is 0 Å². The molecule has 2 N–H and O–H groups in total. The summed E-state index contributed by atoms with van der Waals surface area (Å²) in [7, 11) is 1.69. The molecule has 0 aliphatic heterocycles. The largest absolute Gasteiger partial charge is 0.493 e. The van der Waals surface area contributed by atoms with Crippen LogP contribution in [0.3, 0.4) is 0 Å². The molecule has 19 heavy (non-hydrogen) atoms. The minimum atomic E-state index is 0.171. The first-order valence-electron chi connectivity index (χ1n) is 6.89. The van der Waals surface area contributed by atoms with Gasteiger partial charge in [0.25, 0.3) is 0 Å². The average molecular weight is 326 g/mol. The van der Waals surface area contributed by atoms with Crippen molar-refractivity contribution in [3.8, 4) is 11.5 Å². The fourth-order valence-corrected chi connectivity index (χ4v) is 2.97. The Morgan fingerprint density at radius 3 is 2.63 bits per heavy atom. The molecule has 0 spiro atoms. The molecule has 2 saturated carbocycles. The van der Waals surface area contributed by atoms with E-state index in [9.17, 15) is 0 Å². The molecule has 0 saturated heterocycles. The van der Waals surface area contributed by atoms with Crippen LogP contribution in [-0.2, 0) is 5.41 Å². The first-order valence-corrected chi connectivity index (χ1v) is 7.69. The van der Waals surface area contributed by atoms with E-state index in [1.165, 1.54) is 31.2 Å². The summed E-state index contributed by atoms with van der Waals surface area (Å²) in [5.41, 5.74) is 7.33. The van der Waals surface area contributed by atoms with Gasteiger partial charge in [0.05, 0.1) is 18.2 Å². The number of rotatable bonds is 6. The van der Waals surface area contributed by atoms with Gasteiger partial charge in [-0.05, 0) is 65.2 Å². The summed E-state index contributed by atoms with van der Waals surface area (Å²) in [5.74, 6) is 2.37. The summed E-state index contributed by atoms with van der Waals surface area (Å²) in [4.78, 5) is 0. The highest BCUT2D eigenvalue weighted by molar-refractivity contribution is 9.10. The predicted molar refractivity (Wildman–Crippen MR) is 78.9 cm³/mol. The molecule has 0 amide bonds. The second kappa shape index (κ2) is 4.98. The standard InChI is InChI=1S/C15H20BrNO2/c1-18-13-7-11(15(9-17)4-5-15)6-12(16)14(13)19-8-10-2-3-10/h6-7,10H,2-5,8-9,17H2,1H3. The third-order valence-corrected chi connectivity index (χ3v) is 4.84. The highest BCUT2D eigenvalue weighted by Gasteiger charge is 2.43. The average Bonchev–Trinajstić information content (AvgIpc) is 3.29. The second-order valence-electron chi connectivity index (χ2n) is 5.73. The van der Waals surface area contributed by atoms with E-state index in [1.54, 1.807) is 7.11 Å². The van der Waals surface area contributed by atoms with Crippen molar-refractivity contribution in [3.05, 3.63) is 22.2 Å². The first-order chi connectivity index (χ1) is 9.18. The minimum absolute atomic E-state index is 0.171. The quantitative estimate of drug-likeness (QED) is 0.873. The smallest absolute Gasteiger partial charge is 0.175 e.